The Balaban J connectivity index is 2.12. The summed E-state index contributed by atoms with van der Waals surface area (Å²) in [4.78, 5) is 29.5. The van der Waals surface area contributed by atoms with Gasteiger partial charge in [-0.2, -0.15) is 0 Å². The number of aromatic nitrogens is 1. The van der Waals surface area contributed by atoms with E-state index in [0.29, 0.717) is 34.9 Å². The number of carbonyl (C=O) groups excluding carboxylic acids is 2. The molecule has 30 heavy (non-hydrogen) atoms. The third-order valence-corrected chi connectivity index (χ3v) is 4.71. The summed E-state index contributed by atoms with van der Waals surface area (Å²) in [5.41, 5.74) is 3.48. The van der Waals surface area contributed by atoms with Crippen LogP contribution in [0.15, 0.2) is 54.6 Å². The molecule has 0 amide bonds. The first-order chi connectivity index (χ1) is 14.5. The van der Waals surface area contributed by atoms with Gasteiger partial charge >= 0.3 is 11.9 Å². The molecule has 1 heterocycles. The average molecular weight is 405 g/mol. The lowest BCUT2D eigenvalue weighted by atomic mass is 9.92. The predicted octanol–water partition coefficient (Wildman–Crippen LogP) is 4.52. The molecular weight excluding hydrogens is 382 g/mol. The molecule has 0 saturated heterocycles. The van der Waals surface area contributed by atoms with E-state index < -0.39 is 11.9 Å². The minimum Gasteiger partial charge on any atom is -0.489 e. The van der Waals surface area contributed by atoms with Gasteiger partial charge in [-0.05, 0) is 37.1 Å². The fourth-order valence-electron chi connectivity index (χ4n) is 3.32. The number of nitrogens with zero attached hydrogens (tertiary/aromatic N) is 1. The smallest absolute Gasteiger partial charge is 0.340 e. The number of aryl methyl sites for hydroxylation is 2. The van der Waals surface area contributed by atoms with Crippen LogP contribution in [-0.4, -0.2) is 31.1 Å². The molecule has 6 nitrogen and oxygen atoms in total. The van der Waals surface area contributed by atoms with Crippen molar-refractivity contribution in [2.24, 2.45) is 0 Å². The zero-order valence-electron chi connectivity index (χ0n) is 17.4. The van der Waals surface area contributed by atoms with Crippen LogP contribution in [0.25, 0.3) is 11.1 Å². The van der Waals surface area contributed by atoms with Crippen LogP contribution in [0.4, 0.5) is 0 Å². The minimum atomic E-state index is -0.573. The minimum absolute atomic E-state index is 0.226. The molecule has 0 saturated carbocycles. The molecule has 0 aliphatic rings. The molecule has 0 N–H and O–H groups in total. The van der Waals surface area contributed by atoms with E-state index in [1.54, 1.807) is 19.9 Å². The van der Waals surface area contributed by atoms with Gasteiger partial charge in [-0.3, -0.25) is 4.98 Å². The van der Waals surface area contributed by atoms with E-state index >= 15 is 0 Å². The maximum absolute atomic E-state index is 12.6. The number of methoxy groups -OCH3 is 2. The summed E-state index contributed by atoms with van der Waals surface area (Å²) in [5.74, 6) is -0.540. The summed E-state index contributed by atoms with van der Waals surface area (Å²) >= 11 is 0. The zero-order chi connectivity index (χ0) is 21.7. The second kappa shape index (κ2) is 9.22. The van der Waals surface area contributed by atoms with E-state index in [4.69, 9.17) is 14.2 Å². The Kier molecular flexibility index (Phi) is 6.47. The zero-order valence-corrected chi connectivity index (χ0v) is 17.4. The Morgan fingerprint density at radius 1 is 0.833 bits per heavy atom. The van der Waals surface area contributed by atoms with Gasteiger partial charge in [-0.15, -0.1) is 0 Å². The summed E-state index contributed by atoms with van der Waals surface area (Å²) in [6.45, 7) is 3.81. The number of ether oxygens (including phenoxy) is 3. The van der Waals surface area contributed by atoms with Gasteiger partial charge in [0.2, 0.25) is 0 Å². The monoisotopic (exact) mass is 405 g/mol. The lowest BCUT2D eigenvalue weighted by Gasteiger charge is -2.17. The largest absolute Gasteiger partial charge is 0.489 e. The molecule has 6 heteroatoms. The van der Waals surface area contributed by atoms with Gasteiger partial charge in [0, 0.05) is 5.56 Å². The summed E-state index contributed by atoms with van der Waals surface area (Å²) in [7, 11) is 2.59. The molecule has 3 rings (SSSR count). The molecule has 1 aromatic heterocycles. The Labute approximate surface area is 175 Å². The van der Waals surface area contributed by atoms with Gasteiger partial charge in [0.15, 0.2) is 0 Å². The van der Waals surface area contributed by atoms with Crippen molar-refractivity contribution in [3.05, 3.63) is 82.7 Å². The Morgan fingerprint density at radius 2 is 1.43 bits per heavy atom. The molecule has 3 aromatic rings. The summed E-state index contributed by atoms with van der Waals surface area (Å²) in [6.07, 6.45) is 0. The molecule has 0 unspecified atom stereocenters. The second-order valence-electron chi connectivity index (χ2n) is 6.69. The molecule has 0 aliphatic carbocycles. The number of esters is 2. The van der Waals surface area contributed by atoms with Crippen molar-refractivity contribution in [1.29, 1.82) is 0 Å². The first-order valence-corrected chi connectivity index (χ1v) is 9.41. The number of pyridine rings is 1. The van der Waals surface area contributed by atoms with E-state index in [2.05, 4.69) is 4.98 Å². The van der Waals surface area contributed by atoms with Gasteiger partial charge in [-0.25, -0.2) is 9.59 Å². The maximum atomic E-state index is 12.6. The number of carbonyl (C=O) groups is 2. The van der Waals surface area contributed by atoms with Crippen LogP contribution in [0.1, 0.15) is 37.7 Å². The van der Waals surface area contributed by atoms with Crippen molar-refractivity contribution in [3.8, 4) is 16.9 Å². The molecule has 0 radical (unpaired) electrons. The van der Waals surface area contributed by atoms with Crippen LogP contribution in [0.2, 0.25) is 0 Å². The number of benzene rings is 2. The van der Waals surface area contributed by atoms with Gasteiger partial charge in [0.25, 0.3) is 0 Å². The molecule has 2 aromatic carbocycles. The van der Waals surface area contributed by atoms with E-state index in [-0.39, 0.29) is 11.1 Å². The van der Waals surface area contributed by atoms with E-state index in [1.165, 1.54) is 14.2 Å². The number of hydrogen-bond donors (Lipinski definition) is 0. The quantitative estimate of drug-likeness (QED) is 0.562. The Morgan fingerprint density at radius 3 is 2.00 bits per heavy atom. The van der Waals surface area contributed by atoms with Crippen molar-refractivity contribution in [2.45, 2.75) is 20.5 Å². The maximum Gasteiger partial charge on any atom is 0.340 e. The van der Waals surface area contributed by atoms with Gasteiger partial charge < -0.3 is 14.2 Å². The number of rotatable bonds is 6. The van der Waals surface area contributed by atoms with E-state index in [0.717, 1.165) is 5.56 Å². The summed E-state index contributed by atoms with van der Waals surface area (Å²) in [5, 5.41) is 0. The lowest BCUT2D eigenvalue weighted by molar-refractivity contribution is 0.0599. The van der Waals surface area contributed by atoms with Crippen molar-refractivity contribution in [2.75, 3.05) is 14.2 Å². The summed E-state index contributed by atoms with van der Waals surface area (Å²) < 4.78 is 15.8. The number of hydrogen-bond acceptors (Lipinski definition) is 6. The highest BCUT2D eigenvalue weighted by atomic mass is 16.5. The van der Waals surface area contributed by atoms with Gasteiger partial charge in [-0.1, -0.05) is 42.5 Å². The molecule has 0 atom stereocenters. The van der Waals surface area contributed by atoms with Crippen LogP contribution in [0, 0.1) is 13.8 Å². The van der Waals surface area contributed by atoms with Crippen molar-refractivity contribution < 1.29 is 23.8 Å². The van der Waals surface area contributed by atoms with Crippen molar-refractivity contribution >= 4 is 11.9 Å². The van der Waals surface area contributed by atoms with Gasteiger partial charge in [0.1, 0.15) is 12.4 Å². The molecular formula is C24H23NO5. The molecule has 0 fully saturated rings. The fourth-order valence-corrected chi connectivity index (χ4v) is 3.32. The predicted molar refractivity (Wildman–Crippen MR) is 113 cm³/mol. The standard InChI is InChI=1S/C24H23NO5/c1-15-20(23(26)28-3)22(21(16(2)25-15)24(27)29-4)18-11-8-12-19(13-18)30-14-17-9-6-5-7-10-17/h5-13H,14H2,1-4H3. The van der Waals surface area contributed by atoms with Crippen LogP contribution < -0.4 is 4.74 Å². The van der Waals surface area contributed by atoms with E-state index in [9.17, 15) is 9.59 Å². The molecule has 0 aliphatic heterocycles. The third-order valence-electron chi connectivity index (χ3n) is 4.71. The normalized spacial score (nSPS) is 10.4. The topological polar surface area (TPSA) is 74.7 Å². The highest BCUT2D eigenvalue weighted by Gasteiger charge is 2.27. The first-order valence-electron chi connectivity index (χ1n) is 9.41. The summed E-state index contributed by atoms with van der Waals surface area (Å²) in [6, 6.07) is 17.0. The fraction of sp³-hybridized carbons (Fsp3) is 0.208. The average Bonchev–Trinajstić information content (AvgIpc) is 2.77. The lowest BCUT2D eigenvalue weighted by Crippen LogP contribution is -2.16. The molecule has 0 bridgehead atoms. The van der Waals surface area contributed by atoms with Crippen molar-refractivity contribution in [3.63, 3.8) is 0 Å². The first kappa shape index (κ1) is 21.0. The second-order valence-corrected chi connectivity index (χ2v) is 6.69. The Bertz CT molecular complexity index is 1040. The third kappa shape index (κ3) is 4.33. The SMILES string of the molecule is COC(=O)c1c(C)nc(C)c(C(=O)OC)c1-c1cccc(OCc2ccccc2)c1. The molecule has 154 valence electrons. The van der Waals surface area contributed by atoms with E-state index in [1.807, 2.05) is 48.5 Å². The van der Waals surface area contributed by atoms with Crippen LogP contribution in [-0.2, 0) is 16.1 Å². The van der Waals surface area contributed by atoms with Gasteiger partial charge in [0.05, 0.1) is 36.7 Å². The molecule has 0 spiro atoms. The van der Waals surface area contributed by atoms with Crippen LogP contribution >= 0.6 is 0 Å². The van der Waals surface area contributed by atoms with Crippen LogP contribution in [0.5, 0.6) is 5.75 Å². The highest BCUT2D eigenvalue weighted by Crippen LogP contribution is 2.34. The van der Waals surface area contributed by atoms with Crippen LogP contribution in [0.3, 0.4) is 0 Å². The highest BCUT2D eigenvalue weighted by molar-refractivity contribution is 6.07. The van der Waals surface area contributed by atoms with Crippen molar-refractivity contribution in [1.82, 2.24) is 4.98 Å². The Hall–Kier alpha value is -3.67.